The predicted octanol–water partition coefficient (Wildman–Crippen LogP) is 4.41. The van der Waals surface area contributed by atoms with Gasteiger partial charge in [0, 0.05) is 24.0 Å². The summed E-state index contributed by atoms with van der Waals surface area (Å²) in [5, 5.41) is 15.3. The highest BCUT2D eigenvalue weighted by atomic mass is 16.5. The molecule has 0 bridgehead atoms. The summed E-state index contributed by atoms with van der Waals surface area (Å²) in [6, 6.07) is 22.1. The molecule has 4 rings (SSSR count). The number of aryl methyl sites for hydroxylation is 1. The lowest BCUT2D eigenvalue weighted by Gasteiger charge is -2.07. The van der Waals surface area contributed by atoms with Crippen LogP contribution in [-0.2, 0) is 4.79 Å². The molecule has 0 saturated heterocycles. The third-order valence-electron chi connectivity index (χ3n) is 4.15. The molecular formula is C23H19N5O2. The smallest absolute Gasteiger partial charge is 0.248 e. The Morgan fingerprint density at radius 2 is 1.77 bits per heavy atom. The van der Waals surface area contributed by atoms with Crippen molar-refractivity contribution in [2.24, 2.45) is 0 Å². The third kappa shape index (κ3) is 4.96. The van der Waals surface area contributed by atoms with E-state index in [2.05, 4.69) is 20.6 Å². The van der Waals surface area contributed by atoms with E-state index in [1.165, 1.54) is 6.08 Å². The van der Waals surface area contributed by atoms with Gasteiger partial charge in [-0.2, -0.15) is 5.10 Å². The summed E-state index contributed by atoms with van der Waals surface area (Å²) in [6.45, 7) is 1.91. The molecule has 2 aromatic heterocycles. The highest BCUT2D eigenvalue weighted by Crippen LogP contribution is 2.21. The van der Waals surface area contributed by atoms with Crippen LogP contribution in [0.4, 0.5) is 5.69 Å². The molecule has 2 aromatic carbocycles. The van der Waals surface area contributed by atoms with E-state index in [0.29, 0.717) is 23.1 Å². The van der Waals surface area contributed by atoms with Crippen LogP contribution >= 0.6 is 0 Å². The fourth-order valence-electron chi connectivity index (χ4n) is 2.68. The second-order valence-corrected chi connectivity index (χ2v) is 6.49. The summed E-state index contributed by atoms with van der Waals surface area (Å²) >= 11 is 0. The van der Waals surface area contributed by atoms with E-state index in [1.54, 1.807) is 47.2 Å². The van der Waals surface area contributed by atoms with E-state index in [9.17, 15) is 4.79 Å². The number of hydrogen-bond acceptors (Lipinski definition) is 5. The molecule has 0 spiro atoms. The minimum Gasteiger partial charge on any atom is -0.438 e. The first kappa shape index (κ1) is 19.1. The van der Waals surface area contributed by atoms with Gasteiger partial charge >= 0.3 is 0 Å². The van der Waals surface area contributed by atoms with Crippen molar-refractivity contribution in [1.82, 2.24) is 20.0 Å². The van der Waals surface area contributed by atoms with E-state index in [1.807, 2.05) is 49.5 Å². The zero-order valence-corrected chi connectivity index (χ0v) is 16.3. The maximum absolute atomic E-state index is 12.1. The van der Waals surface area contributed by atoms with Crippen LogP contribution in [0.1, 0.15) is 11.3 Å². The average molecular weight is 397 g/mol. The Balaban J connectivity index is 1.34. The molecule has 0 aliphatic heterocycles. The van der Waals surface area contributed by atoms with Gasteiger partial charge in [-0.3, -0.25) is 4.79 Å². The molecule has 30 heavy (non-hydrogen) atoms. The Morgan fingerprint density at radius 1 is 0.967 bits per heavy atom. The molecule has 2 heterocycles. The van der Waals surface area contributed by atoms with E-state index in [4.69, 9.17) is 4.74 Å². The van der Waals surface area contributed by atoms with E-state index < -0.39 is 0 Å². The van der Waals surface area contributed by atoms with Crippen molar-refractivity contribution in [3.63, 3.8) is 0 Å². The number of carbonyl (C=O) groups excluding carboxylic acids is 1. The molecule has 4 aromatic rings. The second-order valence-electron chi connectivity index (χ2n) is 6.49. The Kier molecular flexibility index (Phi) is 5.61. The van der Waals surface area contributed by atoms with Gasteiger partial charge in [-0.1, -0.05) is 30.3 Å². The van der Waals surface area contributed by atoms with Gasteiger partial charge in [-0.25, -0.2) is 4.68 Å². The van der Waals surface area contributed by atoms with Crippen LogP contribution in [0.5, 0.6) is 11.6 Å². The number of aromatic nitrogens is 4. The SMILES string of the molecule is Cc1ccn(-c2ccc(Oc3ccc(NC(=O)/C=C/c4ccccc4)cc3)nn2)n1. The van der Waals surface area contributed by atoms with Crippen molar-refractivity contribution < 1.29 is 9.53 Å². The van der Waals surface area contributed by atoms with Gasteiger partial charge in [0.15, 0.2) is 5.82 Å². The molecule has 0 atom stereocenters. The topological polar surface area (TPSA) is 81.9 Å². The fourth-order valence-corrected chi connectivity index (χ4v) is 2.68. The molecule has 7 heteroatoms. The molecule has 0 fully saturated rings. The van der Waals surface area contributed by atoms with Crippen LogP contribution in [0.15, 0.2) is 85.1 Å². The molecule has 1 amide bonds. The molecular weight excluding hydrogens is 378 g/mol. The number of carbonyl (C=O) groups is 1. The Labute approximate surface area is 173 Å². The van der Waals surface area contributed by atoms with Gasteiger partial charge in [0.2, 0.25) is 11.8 Å². The van der Waals surface area contributed by atoms with Crippen LogP contribution in [0.25, 0.3) is 11.9 Å². The van der Waals surface area contributed by atoms with Crippen LogP contribution in [0, 0.1) is 6.92 Å². The van der Waals surface area contributed by atoms with Crippen molar-refractivity contribution in [1.29, 1.82) is 0 Å². The molecule has 7 nitrogen and oxygen atoms in total. The lowest BCUT2D eigenvalue weighted by atomic mass is 10.2. The molecule has 0 unspecified atom stereocenters. The second kappa shape index (κ2) is 8.83. The maximum atomic E-state index is 12.1. The number of ether oxygens (including phenoxy) is 1. The van der Waals surface area contributed by atoms with Gasteiger partial charge < -0.3 is 10.1 Å². The molecule has 0 saturated carbocycles. The van der Waals surface area contributed by atoms with E-state index in [-0.39, 0.29) is 5.91 Å². The first-order valence-electron chi connectivity index (χ1n) is 9.34. The van der Waals surface area contributed by atoms with Gasteiger partial charge in [0.1, 0.15) is 5.75 Å². The summed E-state index contributed by atoms with van der Waals surface area (Å²) < 4.78 is 7.36. The number of benzene rings is 2. The summed E-state index contributed by atoms with van der Waals surface area (Å²) in [6.07, 6.45) is 5.08. The zero-order valence-electron chi connectivity index (χ0n) is 16.3. The van der Waals surface area contributed by atoms with E-state index in [0.717, 1.165) is 11.3 Å². The summed E-state index contributed by atoms with van der Waals surface area (Å²) in [5.74, 6) is 1.36. The maximum Gasteiger partial charge on any atom is 0.248 e. The first-order chi connectivity index (χ1) is 14.7. The number of amides is 1. The standard InChI is InChI=1S/C23H19N5O2/c1-17-15-16-28(27-17)21-12-14-23(26-25-21)30-20-10-8-19(9-11-20)24-22(29)13-7-18-5-3-2-4-6-18/h2-16H,1H3,(H,24,29)/b13-7+. The molecule has 1 N–H and O–H groups in total. The average Bonchev–Trinajstić information content (AvgIpc) is 3.21. The van der Waals surface area contributed by atoms with Crippen molar-refractivity contribution in [2.45, 2.75) is 6.92 Å². The summed E-state index contributed by atoms with van der Waals surface area (Å²) in [4.78, 5) is 12.1. The van der Waals surface area contributed by atoms with Crippen LogP contribution in [0.3, 0.4) is 0 Å². The molecule has 0 aliphatic carbocycles. The van der Waals surface area contributed by atoms with Gasteiger partial charge in [0.05, 0.1) is 5.69 Å². The zero-order chi connectivity index (χ0) is 20.8. The van der Waals surface area contributed by atoms with Gasteiger partial charge in [0.25, 0.3) is 0 Å². The Morgan fingerprint density at radius 3 is 2.43 bits per heavy atom. The lowest BCUT2D eigenvalue weighted by Crippen LogP contribution is -2.07. The number of hydrogen-bond donors (Lipinski definition) is 1. The van der Waals surface area contributed by atoms with Gasteiger partial charge in [-0.15, -0.1) is 10.2 Å². The first-order valence-corrected chi connectivity index (χ1v) is 9.34. The highest BCUT2D eigenvalue weighted by Gasteiger charge is 2.04. The van der Waals surface area contributed by atoms with Crippen LogP contribution < -0.4 is 10.1 Å². The Hall–Kier alpha value is -4.26. The van der Waals surface area contributed by atoms with Crippen molar-refractivity contribution in [2.75, 3.05) is 5.32 Å². The monoisotopic (exact) mass is 397 g/mol. The Bertz CT molecular complexity index is 1150. The normalized spacial score (nSPS) is 10.8. The van der Waals surface area contributed by atoms with Gasteiger partial charge in [-0.05, 0) is 55.0 Å². The predicted molar refractivity (Wildman–Crippen MR) is 115 cm³/mol. The molecule has 0 aliphatic rings. The number of nitrogens with zero attached hydrogens (tertiary/aromatic N) is 4. The van der Waals surface area contributed by atoms with E-state index >= 15 is 0 Å². The highest BCUT2D eigenvalue weighted by molar-refractivity contribution is 6.01. The third-order valence-corrected chi connectivity index (χ3v) is 4.15. The van der Waals surface area contributed by atoms with Crippen molar-refractivity contribution in [3.8, 4) is 17.4 Å². The quantitative estimate of drug-likeness (QED) is 0.487. The van der Waals surface area contributed by atoms with Crippen molar-refractivity contribution >= 4 is 17.7 Å². The number of nitrogens with one attached hydrogen (secondary N) is 1. The minimum atomic E-state index is -0.206. The number of rotatable bonds is 6. The van der Waals surface area contributed by atoms with Crippen LogP contribution in [0.2, 0.25) is 0 Å². The summed E-state index contributed by atoms with van der Waals surface area (Å²) in [5.41, 5.74) is 2.53. The summed E-state index contributed by atoms with van der Waals surface area (Å²) in [7, 11) is 0. The van der Waals surface area contributed by atoms with Crippen LogP contribution in [-0.4, -0.2) is 25.9 Å². The number of anilines is 1. The molecule has 148 valence electrons. The lowest BCUT2D eigenvalue weighted by molar-refractivity contribution is -0.111. The molecule has 0 radical (unpaired) electrons. The minimum absolute atomic E-state index is 0.206. The largest absolute Gasteiger partial charge is 0.438 e. The van der Waals surface area contributed by atoms with Crippen molar-refractivity contribution in [3.05, 3.63) is 96.3 Å². The fraction of sp³-hybridized carbons (Fsp3) is 0.0435.